The Morgan fingerprint density at radius 1 is 1.11 bits per heavy atom. The number of nitrogens with zero attached hydrogens (tertiary/aromatic N) is 3. The summed E-state index contributed by atoms with van der Waals surface area (Å²) in [6.45, 7) is 0. The molecule has 0 amide bonds. The maximum absolute atomic E-state index is 13.8. The number of pyridine rings is 1. The summed E-state index contributed by atoms with van der Waals surface area (Å²) in [6.07, 6.45) is 1.78. The van der Waals surface area contributed by atoms with Gasteiger partial charge in [0.1, 0.15) is 5.82 Å². The van der Waals surface area contributed by atoms with Crippen LogP contribution in [0.5, 0.6) is 5.75 Å². The average Bonchev–Trinajstić information content (AvgIpc) is 2.83. The van der Waals surface area contributed by atoms with Gasteiger partial charge < -0.3 is 4.74 Å². The molecule has 3 rings (SSSR count). The number of rotatable bonds is 2. The summed E-state index contributed by atoms with van der Waals surface area (Å²) in [5.74, 6) is 0.740. The van der Waals surface area contributed by atoms with E-state index in [-0.39, 0.29) is 5.82 Å². The van der Waals surface area contributed by atoms with E-state index >= 15 is 0 Å². The minimum atomic E-state index is -0.324. The Morgan fingerprint density at radius 3 is 2.72 bits per heavy atom. The molecule has 0 radical (unpaired) electrons. The van der Waals surface area contributed by atoms with Gasteiger partial charge in [-0.2, -0.15) is 0 Å². The number of hydrogen-bond donors (Lipinski definition) is 0. The maximum atomic E-state index is 13.8. The summed E-state index contributed by atoms with van der Waals surface area (Å²) in [4.78, 5) is 0. The van der Waals surface area contributed by atoms with Gasteiger partial charge >= 0.3 is 0 Å². The van der Waals surface area contributed by atoms with Crippen LogP contribution in [-0.2, 0) is 0 Å². The normalized spacial score (nSPS) is 10.8. The van der Waals surface area contributed by atoms with Gasteiger partial charge in [0, 0.05) is 6.20 Å². The molecule has 0 aliphatic heterocycles. The Hall–Kier alpha value is -2.43. The Labute approximate surface area is 103 Å². The molecule has 0 saturated carbocycles. The molecule has 0 saturated heterocycles. The van der Waals surface area contributed by atoms with Crippen LogP contribution in [0.15, 0.2) is 42.6 Å². The Morgan fingerprint density at radius 2 is 1.94 bits per heavy atom. The summed E-state index contributed by atoms with van der Waals surface area (Å²) >= 11 is 0. The van der Waals surface area contributed by atoms with E-state index < -0.39 is 0 Å². The van der Waals surface area contributed by atoms with Gasteiger partial charge in [0.15, 0.2) is 11.6 Å². The van der Waals surface area contributed by atoms with Gasteiger partial charge in [-0.25, -0.2) is 4.39 Å². The minimum absolute atomic E-state index is 0.324. The van der Waals surface area contributed by atoms with Gasteiger partial charge in [0.25, 0.3) is 0 Å². The largest absolute Gasteiger partial charge is 0.493 e. The lowest BCUT2D eigenvalue weighted by atomic mass is 10.2. The fraction of sp³-hybridized carbons (Fsp3) is 0.0769. The summed E-state index contributed by atoms with van der Waals surface area (Å²) < 4.78 is 20.6. The first-order valence-corrected chi connectivity index (χ1v) is 5.44. The highest BCUT2D eigenvalue weighted by molar-refractivity contribution is 5.63. The summed E-state index contributed by atoms with van der Waals surface area (Å²) in [5.41, 5.74) is 0.983. The fourth-order valence-corrected chi connectivity index (χ4v) is 1.88. The number of hydrogen-bond acceptors (Lipinski definition) is 3. The van der Waals surface area contributed by atoms with Crippen molar-refractivity contribution >= 4 is 5.65 Å². The lowest BCUT2D eigenvalue weighted by Crippen LogP contribution is -1.93. The van der Waals surface area contributed by atoms with E-state index in [9.17, 15) is 4.39 Å². The zero-order valence-corrected chi connectivity index (χ0v) is 9.67. The van der Waals surface area contributed by atoms with Crippen LogP contribution >= 0.6 is 0 Å². The number of fused-ring (bicyclic) bond motifs is 1. The highest BCUT2D eigenvalue weighted by atomic mass is 19.1. The quantitative estimate of drug-likeness (QED) is 0.694. The molecule has 0 spiro atoms. The van der Waals surface area contributed by atoms with Gasteiger partial charge in [-0.15, -0.1) is 10.2 Å². The third-order valence-corrected chi connectivity index (χ3v) is 2.73. The highest BCUT2D eigenvalue weighted by Gasteiger charge is 2.13. The zero-order valence-electron chi connectivity index (χ0n) is 9.67. The molecular formula is C13H10FN3O. The van der Waals surface area contributed by atoms with Crippen LogP contribution in [0.25, 0.3) is 17.0 Å². The second-order valence-corrected chi connectivity index (χ2v) is 3.77. The van der Waals surface area contributed by atoms with Crippen molar-refractivity contribution in [3.8, 4) is 17.1 Å². The van der Waals surface area contributed by atoms with Crippen molar-refractivity contribution in [1.82, 2.24) is 14.6 Å². The number of ether oxygens (including phenoxy) is 1. The van der Waals surface area contributed by atoms with E-state index in [0.717, 1.165) is 0 Å². The van der Waals surface area contributed by atoms with Gasteiger partial charge in [-0.3, -0.25) is 4.40 Å². The van der Waals surface area contributed by atoms with E-state index in [4.69, 9.17) is 4.74 Å². The lowest BCUT2D eigenvalue weighted by Gasteiger charge is -2.03. The van der Waals surface area contributed by atoms with E-state index in [2.05, 4.69) is 10.2 Å². The van der Waals surface area contributed by atoms with Gasteiger partial charge in [-0.1, -0.05) is 12.1 Å². The van der Waals surface area contributed by atoms with Crippen LogP contribution in [0, 0.1) is 5.82 Å². The summed E-state index contributed by atoms with van der Waals surface area (Å²) in [6, 6.07) is 10.1. The van der Waals surface area contributed by atoms with E-state index in [1.165, 1.54) is 6.07 Å². The standard InChI is InChI=1S/C13H10FN3O/c1-18-11-7-4-8-17-12(15-16-13(11)17)9-5-2-3-6-10(9)14/h2-8H,1H3. The molecule has 0 unspecified atom stereocenters. The molecule has 0 fully saturated rings. The first-order chi connectivity index (χ1) is 8.81. The molecule has 0 aliphatic carbocycles. The smallest absolute Gasteiger partial charge is 0.203 e. The van der Waals surface area contributed by atoms with Crippen LogP contribution < -0.4 is 4.74 Å². The second kappa shape index (κ2) is 4.10. The van der Waals surface area contributed by atoms with Crippen LogP contribution in [-0.4, -0.2) is 21.7 Å². The number of benzene rings is 1. The lowest BCUT2D eigenvalue weighted by molar-refractivity contribution is 0.417. The van der Waals surface area contributed by atoms with Crippen LogP contribution in [0.1, 0.15) is 0 Å². The van der Waals surface area contributed by atoms with Crippen molar-refractivity contribution in [3.63, 3.8) is 0 Å². The molecule has 5 heteroatoms. The van der Waals surface area contributed by atoms with Gasteiger partial charge in [0.05, 0.1) is 12.7 Å². The SMILES string of the molecule is COc1cccn2c(-c3ccccc3F)nnc12. The number of halogens is 1. The summed E-state index contributed by atoms with van der Waals surface area (Å²) in [7, 11) is 1.56. The first-order valence-electron chi connectivity index (χ1n) is 5.44. The first kappa shape index (κ1) is 10.7. The number of aromatic nitrogens is 3. The van der Waals surface area contributed by atoms with Gasteiger partial charge in [-0.05, 0) is 24.3 Å². The molecule has 90 valence electrons. The van der Waals surface area contributed by atoms with Gasteiger partial charge in [0.2, 0.25) is 5.65 Å². The van der Waals surface area contributed by atoms with Crippen LogP contribution in [0.4, 0.5) is 4.39 Å². The molecule has 18 heavy (non-hydrogen) atoms. The van der Waals surface area contributed by atoms with E-state index in [1.807, 2.05) is 0 Å². The minimum Gasteiger partial charge on any atom is -0.493 e. The van der Waals surface area contributed by atoms with Crippen LogP contribution in [0.3, 0.4) is 0 Å². The van der Waals surface area contributed by atoms with Crippen LogP contribution in [0.2, 0.25) is 0 Å². The van der Waals surface area contributed by atoms with Crippen molar-refractivity contribution in [3.05, 3.63) is 48.4 Å². The molecule has 0 bridgehead atoms. The molecule has 4 nitrogen and oxygen atoms in total. The van der Waals surface area contributed by atoms with Crippen molar-refractivity contribution in [2.45, 2.75) is 0 Å². The second-order valence-electron chi connectivity index (χ2n) is 3.77. The predicted octanol–water partition coefficient (Wildman–Crippen LogP) is 2.54. The third-order valence-electron chi connectivity index (χ3n) is 2.73. The average molecular weight is 243 g/mol. The Bertz CT molecular complexity index is 708. The Kier molecular flexibility index (Phi) is 2.44. The van der Waals surface area contributed by atoms with E-state index in [1.54, 1.807) is 48.0 Å². The van der Waals surface area contributed by atoms with Crippen molar-refractivity contribution in [2.24, 2.45) is 0 Å². The molecular weight excluding hydrogens is 233 g/mol. The maximum Gasteiger partial charge on any atom is 0.203 e. The van der Waals surface area contributed by atoms with E-state index in [0.29, 0.717) is 22.8 Å². The molecule has 1 aromatic carbocycles. The van der Waals surface area contributed by atoms with Crippen molar-refractivity contribution in [2.75, 3.05) is 7.11 Å². The Balaban J connectivity index is 2.29. The molecule has 0 atom stereocenters. The predicted molar refractivity (Wildman–Crippen MR) is 64.9 cm³/mol. The monoisotopic (exact) mass is 243 g/mol. The number of methoxy groups -OCH3 is 1. The third kappa shape index (κ3) is 1.52. The zero-order chi connectivity index (χ0) is 12.5. The van der Waals surface area contributed by atoms with Crippen molar-refractivity contribution in [1.29, 1.82) is 0 Å². The fourth-order valence-electron chi connectivity index (χ4n) is 1.88. The molecule has 0 N–H and O–H groups in total. The summed E-state index contributed by atoms with van der Waals surface area (Å²) in [5, 5.41) is 8.06. The topological polar surface area (TPSA) is 39.4 Å². The molecule has 2 heterocycles. The highest BCUT2D eigenvalue weighted by Crippen LogP contribution is 2.24. The molecule has 3 aromatic rings. The van der Waals surface area contributed by atoms with Crippen molar-refractivity contribution < 1.29 is 9.13 Å². The molecule has 2 aromatic heterocycles. The molecule has 0 aliphatic rings.